The van der Waals surface area contributed by atoms with E-state index in [1.54, 1.807) is 4.90 Å². The topological polar surface area (TPSA) is 37.6 Å². The predicted octanol–water partition coefficient (Wildman–Crippen LogP) is 3.79. The van der Waals surface area contributed by atoms with Crippen molar-refractivity contribution in [1.82, 2.24) is 14.3 Å². The molecule has 0 N–H and O–H groups in total. The zero-order valence-corrected chi connectivity index (χ0v) is 13.8. The Bertz CT molecular complexity index is 833. The van der Waals surface area contributed by atoms with E-state index < -0.39 is 0 Å². The summed E-state index contributed by atoms with van der Waals surface area (Å²) in [4.78, 5) is 18.8. The number of nitrogens with zero attached hydrogens (tertiary/aromatic N) is 3. The maximum absolute atomic E-state index is 12.4. The summed E-state index contributed by atoms with van der Waals surface area (Å²) < 4.78 is 1.92. The summed E-state index contributed by atoms with van der Waals surface area (Å²) in [7, 11) is 1.83. The van der Waals surface area contributed by atoms with Crippen molar-refractivity contribution in [3.63, 3.8) is 0 Å². The van der Waals surface area contributed by atoms with Gasteiger partial charge in [-0.2, -0.15) is 0 Å². The Morgan fingerprint density at radius 1 is 1.13 bits per heavy atom. The second-order valence-corrected chi connectivity index (χ2v) is 5.90. The lowest BCUT2D eigenvalue weighted by Gasteiger charge is -2.15. The van der Waals surface area contributed by atoms with E-state index in [1.165, 1.54) is 5.56 Å². The molecule has 0 saturated carbocycles. The SMILES string of the molecule is CCCN(C)C(=O)c1ccc2nc(-c3ccc(C)cc3)cn2c1. The van der Waals surface area contributed by atoms with Crippen molar-refractivity contribution in [1.29, 1.82) is 0 Å². The minimum Gasteiger partial charge on any atom is -0.342 e. The largest absolute Gasteiger partial charge is 0.342 e. The highest BCUT2D eigenvalue weighted by molar-refractivity contribution is 5.94. The van der Waals surface area contributed by atoms with Gasteiger partial charge in [0.15, 0.2) is 0 Å². The molecule has 0 unspecified atom stereocenters. The molecule has 0 radical (unpaired) electrons. The highest BCUT2D eigenvalue weighted by Crippen LogP contribution is 2.20. The number of aryl methyl sites for hydroxylation is 1. The van der Waals surface area contributed by atoms with Crippen LogP contribution >= 0.6 is 0 Å². The molecule has 118 valence electrons. The van der Waals surface area contributed by atoms with Crippen molar-refractivity contribution < 1.29 is 4.79 Å². The Morgan fingerprint density at radius 2 is 1.87 bits per heavy atom. The summed E-state index contributed by atoms with van der Waals surface area (Å²) in [5.41, 5.74) is 4.74. The van der Waals surface area contributed by atoms with Crippen LogP contribution in [0.4, 0.5) is 0 Å². The lowest BCUT2D eigenvalue weighted by atomic mass is 10.1. The maximum atomic E-state index is 12.4. The van der Waals surface area contributed by atoms with Crippen LogP contribution in [-0.4, -0.2) is 33.8 Å². The van der Waals surface area contributed by atoms with Crippen LogP contribution in [0.1, 0.15) is 29.3 Å². The van der Waals surface area contributed by atoms with Gasteiger partial charge in [-0.3, -0.25) is 4.79 Å². The van der Waals surface area contributed by atoms with Gasteiger partial charge in [-0.05, 0) is 25.5 Å². The van der Waals surface area contributed by atoms with Gasteiger partial charge in [0, 0.05) is 31.5 Å². The van der Waals surface area contributed by atoms with E-state index in [4.69, 9.17) is 0 Å². The summed E-state index contributed by atoms with van der Waals surface area (Å²) in [5, 5.41) is 0. The zero-order valence-electron chi connectivity index (χ0n) is 13.8. The third kappa shape index (κ3) is 3.11. The fraction of sp³-hybridized carbons (Fsp3) is 0.263. The van der Waals surface area contributed by atoms with Crippen LogP contribution in [-0.2, 0) is 0 Å². The molecule has 2 heterocycles. The number of fused-ring (bicyclic) bond motifs is 1. The summed E-state index contributed by atoms with van der Waals surface area (Å²) in [6, 6.07) is 12.0. The molecule has 0 aliphatic carbocycles. The third-order valence-corrected chi connectivity index (χ3v) is 3.95. The van der Waals surface area contributed by atoms with Crippen LogP contribution in [0, 0.1) is 6.92 Å². The molecule has 0 spiro atoms. The Morgan fingerprint density at radius 3 is 2.57 bits per heavy atom. The Hall–Kier alpha value is -2.62. The number of carbonyl (C=O) groups is 1. The minimum absolute atomic E-state index is 0.0411. The standard InChI is InChI=1S/C19H21N3O/c1-4-11-21(3)19(23)16-9-10-18-20-17(13-22(18)12-16)15-7-5-14(2)6-8-15/h5-10,12-13H,4,11H2,1-3H3. The molecule has 1 aromatic carbocycles. The van der Waals surface area contributed by atoms with Gasteiger partial charge in [-0.15, -0.1) is 0 Å². The number of pyridine rings is 1. The molecular formula is C19H21N3O. The van der Waals surface area contributed by atoms with E-state index in [2.05, 4.69) is 43.1 Å². The number of benzene rings is 1. The van der Waals surface area contributed by atoms with Gasteiger partial charge in [0.25, 0.3) is 5.91 Å². The van der Waals surface area contributed by atoms with Gasteiger partial charge >= 0.3 is 0 Å². The Kier molecular flexibility index (Phi) is 4.15. The molecule has 3 rings (SSSR count). The maximum Gasteiger partial charge on any atom is 0.255 e. The van der Waals surface area contributed by atoms with Crippen LogP contribution in [0.15, 0.2) is 48.8 Å². The molecule has 3 aromatic rings. The van der Waals surface area contributed by atoms with Crippen LogP contribution in [0.3, 0.4) is 0 Å². The normalized spacial score (nSPS) is 10.9. The van der Waals surface area contributed by atoms with Gasteiger partial charge in [0.05, 0.1) is 11.3 Å². The summed E-state index contributed by atoms with van der Waals surface area (Å²) in [6.45, 7) is 4.89. The van der Waals surface area contributed by atoms with Crippen molar-refractivity contribution in [2.24, 2.45) is 0 Å². The number of hydrogen-bond acceptors (Lipinski definition) is 2. The second-order valence-electron chi connectivity index (χ2n) is 5.90. The molecule has 23 heavy (non-hydrogen) atoms. The van der Waals surface area contributed by atoms with Gasteiger partial charge in [0.1, 0.15) is 5.65 Å². The van der Waals surface area contributed by atoms with Crippen molar-refractivity contribution in [2.75, 3.05) is 13.6 Å². The van der Waals surface area contributed by atoms with E-state index in [-0.39, 0.29) is 5.91 Å². The summed E-state index contributed by atoms with van der Waals surface area (Å²) >= 11 is 0. The lowest BCUT2D eigenvalue weighted by Crippen LogP contribution is -2.27. The molecule has 0 bridgehead atoms. The van der Waals surface area contributed by atoms with Gasteiger partial charge < -0.3 is 9.30 Å². The van der Waals surface area contributed by atoms with Crippen molar-refractivity contribution in [3.05, 3.63) is 59.9 Å². The highest BCUT2D eigenvalue weighted by atomic mass is 16.2. The molecule has 0 aliphatic heterocycles. The monoisotopic (exact) mass is 307 g/mol. The Labute approximate surface area is 136 Å². The lowest BCUT2D eigenvalue weighted by molar-refractivity contribution is 0.0794. The molecule has 4 nitrogen and oxygen atoms in total. The first-order chi connectivity index (χ1) is 11.1. The smallest absolute Gasteiger partial charge is 0.255 e. The zero-order chi connectivity index (χ0) is 16.4. The molecule has 4 heteroatoms. The van der Waals surface area contributed by atoms with Gasteiger partial charge in [0.2, 0.25) is 0 Å². The van der Waals surface area contributed by atoms with Gasteiger partial charge in [-0.25, -0.2) is 4.98 Å². The number of rotatable bonds is 4. The third-order valence-electron chi connectivity index (χ3n) is 3.95. The average molecular weight is 307 g/mol. The minimum atomic E-state index is 0.0411. The average Bonchev–Trinajstić information content (AvgIpc) is 2.98. The van der Waals surface area contributed by atoms with Crippen LogP contribution in [0.25, 0.3) is 16.9 Å². The van der Waals surface area contributed by atoms with E-state index in [9.17, 15) is 4.79 Å². The number of carbonyl (C=O) groups excluding carboxylic acids is 1. The fourth-order valence-corrected chi connectivity index (χ4v) is 2.64. The van der Waals surface area contributed by atoms with Crippen LogP contribution < -0.4 is 0 Å². The molecule has 0 saturated heterocycles. The fourth-order valence-electron chi connectivity index (χ4n) is 2.64. The van der Waals surface area contributed by atoms with Crippen molar-refractivity contribution in [2.45, 2.75) is 20.3 Å². The second kappa shape index (κ2) is 6.24. The van der Waals surface area contributed by atoms with Crippen LogP contribution in [0.5, 0.6) is 0 Å². The quantitative estimate of drug-likeness (QED) is 0.735. The van der Waals surface area contributed by atoms with Gasteiger partial charge in [-0.1, -0.05) is 36.8 Å². The van der Waals surface area contributed by atoms with E-state index in [0.717, 1.165) is 29.9 Å². The first-order valence-electron chi connectivity index (χ1n) is 7.89. The predicted molar refractivity (Wildman–Crippen MR) is 92.6 cm³/mol. The molecule has 1 amide bonds. The van der Waals surface area contributed by atoms with Crippen molar-refractivity contribution in [3.8, 4) is 11.3 Å². The molecular weight excluding hydrogens is 286 g/mol. The van der Waals surface area contributed by atoms with Crippen molar-refractivity contribution >= 4 is 11.6 Å². The first-order valence-corrected chi connectivity index (χ1v) is 7.89. The van der Waals surface area contributed by atoms with E-state index in [1.807, 2.05) is 36.0 Å². The highest BCUT2D eigenvalue weighted by Gasteiger charge is 2.12. The van der Waals surface area contributed by atoms with E-state index >= 15 is 0 Å². The number of aromatic nitrogens is 2. The number of amides is 1. The molecule has 2 aromatic heterocycles. The van der Waals surface area contributed by atoms with Crippen LogP contribution in [0.2, 0.25) is 0 Å². The summed E-state index contributed by atoms with van der Waals surface area (Å²) in [6.07, 6.45) is 4.78. The summed E-state index contributed by atoms with van der Waals surface area (Å²) in [5.74, 6) is 0.0411. The molecule has 0 aliphatic rings. The Balaban J connectivity index is 1.94. The first kappa shape index (κ1) is 15.3. The number of imidazole rings is 1. The molecule has 0 fully saturated rings. The van der Waals surface area contributed by atoms with E-state index in [0.29, 0.717) is 5.56 Å². The molecule has 0 atom stereocenters. The number of hydrogen-bond donors (Lipinski definition) is 0.